The van der Waals surface area contributed by atoms with Gasteiger partial charge in [-0.05, 0) is 36.8 Å². The van der Waals surface area contributed by atoms with Gasteiger partial charge in [-0.3, -0.25) is 4.72 Å². The lowest BCUT2D eigenvalue weighted by atomic mass is 10.1. The number of sulfonamides is 1. The van der Waals surface area contributed by atoms with Crippen molar-refractivity contribution in [3.8, 4) is 0 Å². The van der Waals surface area contributed by atoms with Gasteiger partial charge in [0.25, 0.3) is 10.0 Å². The largest absolute Gasteiger partial charge is 0.465 e. The molecule has 2 aromatic rings. The molecule has 2 aromatic carbocycles. The number of carbonyl (C=O) groups excluding carboxylic acids is 1. The first-order valence-corrected chi connectivity index (χ1v) is 7.90. The summed E-state index contributed by atoms with van der Waals surface area (Å²) in [6, 6.07) is 6.68. The lowest BCUT2D eigenvalue weighted by Gasteiger charge is -2.11. The van der Waals surface area contributed by atoms with Gasteiger partial charge in [-0.25, -0.2) is 22.0 Å². The second-order valence-electron chi connectivity index (χ2n) is 4.67. The molecule has 0 amide bonds. The molecule has 0 saturated carbocycles. The number of ether oxygens (including phenoxy) is 1. The fourth-order valence-corrected chi connectivity index (χ4v) is 2.99. The number of hydrogen-bond acceptors (Lipinski definition) is 4. The predicted octanol–water partition coefficient (Wildman–Crippen LogP) is 2.86. The number of halogens is 2. The molecule has 0 radical (unpaired) electrons. The summed E-state index contributed by atoms with van der Waals surface area (Å²) in [5.41, 5.74) is -0.232. The van der Waals surface area contributed by atoms with Gasteiger partial charge in [0.05, 0.1) is 17.6 Å². The van der Waals surface area contributed by atoms with E-state index >= 15 is 0 Å². The van der Waals surface area contributed by atoms with E-state index in [1.54, 1.807) is 6.92 Å². The smallest absolute Gasteiger partial charge is 0.338 e. The van der Waals surface area contributed by atoms with Gasteiger partial charge in [0.2, 0.25) is 0 Å². The molecule has 2 rings (SSSR count). The average Bonchev–Trinajstić information content (AvgIpc) is 2.50. The SMILES string of the molecule is COC(=O)c1cc(S(=O)(=O)Nc2c(F)cccc2F)ccc1C. The molecule has 0 aliphatic rings. The Balaban J connectivity index is 2.46. The summed E-state index contributed by atoms with van der Waals surface area (Å²) in [5.74, 6) is -2.81. The molecule has 0 fully saturated rings. The van der Waals surface area contributed by atoms with Crippen molar-refractivity contribution in [1.29, 1.82) is 0 Å². The minimum Gasteiger partial charge on any atom is -0.465 e. The number of nitrogens with one attached hydrogen (secondary N) is 1. The van der Waals surface area contributed by atoms with E-state index in [9.17, 15) is 22.0 Å². The van der Waals surface area contributed by atoms with Crippen molar-refractivity contribution in [3.63, 3.8) is 0 Å². The molecule has 23 heavy (non-hydrogen) atoms. The Morgan fingerprint density at radius 1 is 1.13 bits per heavy atom. The first kappa shape index (κ1) is 16.9. The lowest BCUT2D eigenvalue weighted by Crippen LogP contribution is -2.16. The van der Waals surface area contributed by atoms with Gasteiger partial charge in [0.1, 0.15) is 17.3 Å². The Morgan fingerprint density at radius 2 is 1.74 bits per heavy atom. The minimum absolute atomic E-state index is 0.0457. The first-order valence-electron chi connectivity index (χ1n) is 6.42. The summed E-state index contributed by atoms with van der Waals surface area (Å²) in [6.45, 7) is 1.60. The summed E-state index contributed by atoms with van der Waals surface area (Å²) >= 11 is 0. The van der Waals surface area contributed by atoms with E-state index < -0.39 is 33.3 Å². The maximum atomic E-state index is 13.6. The van der Waals surface area contributed by atoms with Crippen LogP contribution in [0.2, 0.25) is 0 Å². The second-order valence-corrected chi connectivity index (χ2v) is 6.35. The molecule has 0 aromatic heterocycles. The van der Waals surface area contributed by atoms with Crippen molar-refractivity contribution in [1.82, 2.24) is 0 Å². The normalized spacial score (nSPS) is 11.1. The quantitative estimate of drug-likeness (QED) is 0.868. The number of aryl methyl sites for hydroxylation is 1. The number of benzene rings is 2. The topological polar surface area (TPSA) is 72.5 Å². The number of hydrogen-bond donors (Lipinski definition) is 1. The van der Waals surface area contributed by atoms with Crippen molar-refractivity contribution in [2.75, 3.05) is 11.8 Å². The third-order valence-corrected chi connectivity index (χ3v) is 4.47. The molecular weight excluding hydrogens is 328 g/mol. The maximum absolute atomic E-state index is 13.6. The van der Waals surface area contributed by atoms with Crippen LogP contribution in [0.4, 0.5) is 14.5 Å². The second kappa shape index (κ2) is 6.33. The van der Waals surface area contributed by atoms with Gasteiger partial charge < -0.3 is 4.74 Å². The number of anilines is 1. The Bertz CT molecular complexity index is 846. The van der Waals surface area contributed by atoms with Gasteiger partial charge >= 0.3 is 5.97 Å². The zero-order valence-electron chi connectivity index (χ0n) is 12.3. The molecule has 8 heteroatoms. The Morgan fingerprint density at radius 3 is 2.30 bits per heavy atom. The van der Waals surface area contributed by atoms with Gasteiger partial charge in [0.15, 0.2) is 0 Å². The van der Waals surface area contributed by atoms with E-state index in [1.807, 2.05) is 4.72 Å². The molecule has 0 bridgehead atoms. The molecule has 122 valence electrons. The van der Waals surface area contributed by atoms with Crippen molar-refractivity contribution in [3.05, 3.63) is 59.2 Å². The highest BCUT2D eigenvalue weighted by Gasteiger charge is 2.21. The van der Waals surface area contributed by atoms with E-state index in [2.05, 4.69) is 4.74 Å². The molecular formula is C15H13F2NO4S. The molecule has 0 aliphatic carbocycles. The summed E-state index contributed by atoms with van der Waals surface area (Å²) in [4.78, 5) is 11.3. The van der Waals surface area contributed by atoms with E-state index in [-0.39, 0.29) is 10.5 Å². The molecule has 0 spiro atoms. The molecule has 0 saturated heterocycles. The standard InChI is InChI=1S/C15H13F2NO4S/c1-9-6-7-10(8-11(9)15(19)22-2)23(20,21)18-14-12(16)4-3-5-13(14)17/h3-8,18H,1-2H3. The number of methoxy groups -OCH3 is 1. The van der Waals surface area contributed by atoms with Gasteiger partial charge in [0, 0.05) is 0 Å². The Kier molecular flexibility index (Phi) is 4.65. The summed E-state index contributed by atoms with van der Waals surface area (Å²) < 4.78 is 58.1. The zero-order valence-corrected chi connectivity index (χ0v) is 13.1. The van der Waals surface area contributed by atoms with Crippen LogP contribution < -0.4 is 4.72 Å². The van der Waals surface area contributed by atoms with E-state index in [4.69, 9.17) is 0 Å². The molecule has 0 unspecified atom stereocenters. The predicted molar refractivity (Wildman–Crippen MR) is 79.7 cm³/mol. The monoisotopic (exact) mass is 341 g/mol. The highest BCUT2D eigenvalue weighted by molar-refractivity contribution is 7.92. The Labute approximate surface area is 132 Å². The van der Waals surface area contributed by atoms with Gasteiger partial charge in [-0.2, -0.15) is 0 Å². The van der Waals surface area contributed by atoms with Crippen LogP contribution in [0.25, 0.3) is 0 Å². The van der Waals surface area contributed by atoms with Crippen LogP contribution in [-0.2, 0) is 14.8 Å². The zero-order chi connectivity index (χ0) is 17.2. The van der Waals surface area contributed by atoms with Crippen LogP contribution in [0.3, 0.4) is 0 Å². The van der Waals surface area contributed by atoms with Crippen LogP contribution >= 0.6 is 0 Å². The van der Waals surface area contributed by atoms with Crippen molar-refractivity contribution in [2.24, 2.45) is 0 Å². The fourth-order valence-electron chi connectivity index (χ4n) is 1.89. The summed E-state index contributed by atoms with van der Waals surface area (Å²) in [7, 11) is -3.11. The van der Waals surface area contributed by atoms with Crippen molar-refractivity contribution < 1.29 is 26.7 Å². The van der Waals surface area contributed by atoms with E-state index in [1.165, 1.54) is 12.1 Å². The van der Waals surface area contributed by atoms with Crippen molar-refractivity contribution >= 4 is 21.7 Å². The van der Waals surface area contributed by atoms with Crippen LogP contribution in [0.5, 0.6) is 0 Å². The maximum Gasteiger partial charge on any atom is 0.338 e. The number of carbonyl (C=O) groups is 1. The summed E-state index contributed by atoms with van der Waals surface area (Å²) in [6.07, 6.45) is 0. The van der Waals surface area contributed by atoms with Crippen LogP contribution in [-0.4, -0.2) is 21.5 Å². The highest BCUT2D eigenvalue weighted by atomic mass is 32.2. The number of rotatable bonds is 4. The molecule has 0 heterocycles. The molecule has 0 aliphatic heterocycles. The van der Waals surface area contributed by atoms with Crippen LogP contribution in [0.15, 0.2) is 41.3 Å². The number of esters is 1. The molecule has 5 nitrogen and oxygen atoms in total. The van der Waals surface area contributed by atoms with E-state index in [0.29, 0.717) is 5.56 Å². The summed E-state index contributed by atoms with van der Waals surface area (Å²) in [5, 5.41) is 0. The fraction of sp³-hybridized carbons (Fsp3) is 0.133. The third kappa shape index (κ3) is 3.48. The van der Waals surface area contributed by atoms with E-state index in [0.717, 1.165) is 31.4 Å². The molecule has 1 N–H and O–H groups in total. The average molecular weight is 341 g/mol. The Hall–Kier alpha value is -2.48. The van der Waals surface area contributed by atoms with Gasteiger partial charge in [-0.1, -0.05) is 12.1 Å². The number of para-hydroxylation sites is 1. The van der Waals surface area contributed by atoms with Crippen LogP contribution in [0.1, 0.15) is 15.9 Å². The minimum atomic E-state index is -4.28. The van der Waals surface area contributed by atoms with Gasteiger partial charge in [-0.15, -0.1) is 0 Å². The first-order chi connectivity index (χ1) is 10.8. The third-order valence-electron chi connectivity index (χ3n) is 3.12. The van der Waals surface area contributed by atoms with Crippen molar-refractivity contribution in [2.45, 2.75) is 11.8 Å². The molecule has 0 atom stereocenters. The lowest BCUT2D eigenvalue weighted by molar-refractivity contribution is 0.0599. The highest BCUT2D eigenvalue weighted by Crippen LogP contribution is 2.23. The van der Waals surface area contributed by atoms with Crippen LogP contribution in [0, 0.1) is 18.6 Å².